The molecule has 0 fully saturated rings. The van der Waals surface area contributed by atoms with Crippen LogP contribution in [0, 0.1) is 0 Å². The minimum Gasteiger partial charge on any atom is -0.370 e. The van der Waals surface area contributed by atoms with Crippen LogP contribution in [0.15, 0.2) is 4.99 Å². The average Bonchev–Trinajstić information content (AvgIpc) is 1.87. The van der Waals surface area contributed by atoms with Gasteiger partial charge in [0, 0.05) is 0 Å². The van der Waals surface area contributed by atoms with Crippen molar-refractivity contribution in [2.24, 2.45) is 10.7 Å². The summed E-state index contributed by atoms with van der Waals surface area (Å²) in [5.74, 6) is 0.435. The number of hydrogen-bond donors (Lipinski definition) is 2. The van der Waals surface area contributed by atoms with Crippen molar-refractivity contribution in [2.45, 2.75) is 0 Å². The number of thiocarbonyl (C=S) groups is 1. The van der Waals surface area contributed by atoms with Gasteiger partial charge in [0.15, 0.2) is 5.96 Å². The first kappa shape index (κ1) is 4.52. The molecule has 0 aromatic carbocycles. The monoisotopic (exact) mass is 115 g/mol. The van der Waals surface area contributed by atoms with Crippen molar-refractivity contribution in [3.05, 3.63) is 0 Å². The van der Waals surface area contributed by atoms with E-state index in [4.69, 9.17) is 18.0 Å². The molecule has 0 aliphatic carbocycles. The van der Waals surface area contributed by atoms with Crippen molar-refractivity contribution >= 4 is 23.2 Å². The fourth-order valence-electron chi connectivity index (χ4n) is 0.379. The van der Waals surface area contributed by atoms with Gasteiger partial charge in [-0.2, -0.15) is 0 Å². The number of rotatable bonds is 0. The number of aliphatic imine (C=N–C) groups is 1. The van der Waals surface area contributed by atoms with Crippen LogP contribution in [-0.2, 0) is 0 Å². The summed E-state index contributed by atoms with van der Waals surface area (Å²) in [6.45, 7) is 0.557. The van der Waals surface area contributed by atoms with Gasteiger partial charge in [0.1, 0.15) is 4.99 Å². The molecule has 38 valence electrons. The molecule has 0 saturated heterocycles. The fraction of sp³-hybridized carbons (Fsp3) is 0.333. The molecule has 1 rings (SSSR count). The zero-order valence-corrected chi connectivity index (χ0v) is 4.46. The Balaban J connectivity index is 2.58. The summed E-state index contributed by atoms with van der Waals surface area (Å²) in [6.07, 6.45) is 0. The number of guanidine groups is 1. The van der Waals surface area contributed by atoms with Crippen molar-refractivity contribution in [2.75, 3.05) is 6.54 Å². The van der Waals surface area contributed by atoms with Crippen LogP contribution in [0.4, 0.5) is 0 Å². The highest BCUT2D eigenvalue weighted by Gasteiger charge is 2.03. The quantitative estimate of drug-likeness (QED) is 0.408. The molecular weight excluding hydrogens is 110 g/mol. The normalized spacial score (nSPS) is 18.9. The lowest BCUT2D eigenvalue weighted by Gasteiger charge is -1.88. The van der Waals surface area contributed by atoms with Crippen molar-refractivity contribution in [1.29, 1.82) is 0 Å². The van der Waals surface area contributed by atoms with Crippen molar-refractivity contribution in [3.63, 3.8) is 0 Å². The third kappa shape index (κ3) is 0.866. The highest BCUT2D eigenvalue weighted by atomic mass is 32.1. The number of hydrogen-bond acceptors (Lipinski definition) is 3. The van der Waals surface area contributed by atoms with Gasteiger partial charge < -0.3 is 11.1 Å². The second-order valence-electron chi connectivity index (χ2n) is 1.25. The maximum Gasteiger partial charge on any atom is 0.193 e. The van der Waals surface area contributed by atoms with Gasteiger partial charge in [-0.25, -0.2) is 4.99 Å². The Kier molecular flexibility index (Phi) is 0.941. The summed E-state index contributed by atoms with van der Waals surface area (Å²) in [4.78, 5) is 4.47. The van der Waals surface area contributed by atoms with Crippen LogP contribution in [0.25, 0.3) is 0 Å². The lowest BCUT2D eigenvalue weighted by atomic mass is 10.7. The number of nitrogens with one attached hydrogen (secondary N) is 1. The van der Waals surface area contributed by atoms with E-state index in [1.165, 1.54) is 0 Å². The molecule has 0 bridgehead atoms. The van der Waals surface area contributed by atoms with E-state index in [9.17, 15) is 0 Å². The summed E-state index contributed by atoms with van der Waals surface area (Å²) in [5.41, 5.74) is 5.18. The minimum absolute atomic E-state index is 0.435. The van der Waals surface area contributed by atoms with Crippen molar-refractivity contribution in [3.8, 4) is 0 Å². The Morgan fingerprint density at radius 2 is 2.57 bits per heavy atom. The maximum atomic E-state index is 5.18. The molecule has 0 amide bonds. The van der Waals surface area contributed by atoms with Gasteiger partial charge in [0.05, 0.1) is 6.54 Å². The van der Waals surface area contributed by atoms with E-state index in [2.05, 4.69) is 10.3 Å². The summed E-state index contributed by atoms with van der Waals surface area (Å²) in [6, 6.07) is 0. The van der Waals surface area contributed by atoms with E-state index >= 15 is 0 Å². The summed E-state index contributed by atoms with van der Waals surface area (Å²) < 4.78 is 0. The molecule has 0 atom stereocenters. The lowest BCUT2D eigenvalue weighted by Crippen LogP contribution is -2.29. The Bertz CT molecular complexity index is 128. The van der Waals surface area contributed by atoms with Gasteiger partial charge in [-0.15, -0.1) is 0 Å². The molecular formula is C3H5N3S. The Hall–Kier alpha value is -0.640. The third-order valence-electron chi connectivity index (χ3n) is 0.660. The Morgan fingerprint density at radius 3 is 2.71 bits per heavy atom. The van der Waals surface area contributed by atoms with Crippen molar-refractivity contribution < 1.29 is 0 Å². The SMILES string of the molecule is NC1=NCC(=S)N1. The molecule has 1 aliphatic rings. The van der Waals surface area contributed by atoms with Gasteiger partial charge in [0.2, 0.25) is 0 Å². The average molecular weight is 115 g/mol. The predicted octanol–water partition coefficient (Wildman–Crippen LogP) is -0.768. The van der Waals surface area contributed by atoms with Gasteiger partial charge >= 0.3 is 0 Å². The molecule has 0 aromatic rings. The van der Waals surface area contributed by atoms with E-state index in [0.29, 0.717) is 17.5 Å². The number of nitrogens with zero attached hydrogens (tertiary/aromatic N) is 1. The first-order valence-corrected chi connectivity index (χ1v) is 2.29. The Labute approximate surface area is 46.6 Å². The first-order chi connectivity index (χ1) is 3.29. The third-order valence-corrected chi connectivity index (χ3v) is 0.892. The van der Waals surface area contributed by atoms with Crippen LogP contribution in [0.5, 0.6) is 0 Å². The first-order valence-electron chi connectivity index (χ1n) is 1.89. The highest BCUT2D eigenvalue weighted by molar-refractivity contribution is 7.80. The smallest absolute Gasteiger partial charge is 0.193 e. The minimum atomic E-state index is 0.435. The summed E-state index contributed by atoms with van der Waals surface area (Å²) in [7, 11) is 0. The van der Waals surface area contributed by atoms with Crippen LogP contribution in [-0.4, -0.2) is 17.5 Å². The molecule has 0 aromatic heterocycles. The standard InChI is InChI=1S/C3H5N3S/c4-3-5-1-2(7)6-3/h1H2,(H3,4,5,6,7). The molecule has 4 heteroatoms. The molecule has 3 N–H and O–H groups in total. The lowest BCUT2D eigenvalue weighted by molar-refractivity contribution is 1.34. The topological polar surface area (TPSA) is 50.4 Å². The van der Waals surface area contributed by atoms with Gasteiger partial charge in [-0.1, -0.05) is 12.2 Å². The summed E-state index contributed by atoms with van der Waals surface area (Å²) in [5, 5.41) is 2.68. The fourth-order valence-corrected chi connectivity index (χ4v) is 0.548. The van der Waals surface area contributed by atoms with Gasteiger partial charge in [-0.05, 0) is 0 Å². The Morgan fingerprint density at radius 1 is 1.86 bits per heavy atom. The van der Waals surface area contributed by atoms with Crippen LogP contribution >= 0.6 is 12.2 Å². The van der Waals surface area contributed by atoms with Gasteiger partial charge in [-0.3, -0.25) is 0 Å². The van der Waals surface area contributed by atoms with E-state index in [0.717, 1.165) is 0 Å². The van der Waals surface area contributed by atoms with E-state index in [-0.39, 0.29) is 0 Å². The number of nitrogens with two attached hydrogens (primary N) is 1. The van der Waals surface area contributed by atoms with Crippen LogP contribution in [0.3, 0.4) is 0 Å². The van der Waals surface area contributed by atoms with E-state index < -0.39 is 0 Å². The summed E-state index contributed by atoms with van der Waals surface area (Å²) >= 11 is 4.69. The second kappa shape index (κ2) is 1.46. The molecule has 0 unspecified atom stereocenters. The molecule has 1 heterocycles. The molecule has 1 aliphatic heterocycles. The zero-order chi connectivity index (χ0) is 5.28. The van der Waals surface area contributed by atoms with Crippen LogP contribution in [0.2, 0.25) is 0 Å². The van der Waals surface area contributed by atoms with E-state index in [1.54, 1.807) is 0 Å². The predicted molar refractivity (Wildman–Crippen MR) is 32.2 cm³/mol. The second-order valence-corrected chi connectivity index (χ2v) is 1.74. The zero-order valence-electron chi connectivity index (χ0n) is 3.64. The highest BCUT2D eigenvalue weighted by Crippen LogP contribution is 1.82. The van der Waals surface area contributed by atoms with E-state index in [1.807, 2.05) is 0 Å². The molecule has 0 spiro atoms. The largest absolute Gasteiger partial charge is 0.370 e. The molecule has 0 saturated carbocycles. The molecule has 0 radical (unpaired) electrons. The maximum absolute atomic E-state index is 5.18. The van der Waals surface area contributed by atoms with Crippen LogP contribution in [0.1, 0.15) is 0 Å². The van der Waals surface area contributed by atoms with Gasteiger partial charge in [0.25, 0.3) is 0 Å². The molecule has 7 heavy (non-hydrogen) atoms. The molecule has 3 nitrogen and oxygen atoms in total. The van der Waals surface area contributed by atoms with Crippen LogP contribution < -0.4 is 11.1 Å². The van der Waals surface area contributed by atoms with Crippen molar-refractivity contribution in [1.82, 2.24) is 5.32 Å².